The molecule has 4 aromatic rings. The average molecular weight is 365 g/mol. The van der Waals surface area contributed by atoms with E-state index in [1.165, 1.54) is 12.5 Å². The number of carbonyl (C=O) groups is 1. The number of benzene rings is 1. The molecule has 0 aliphatic rings. The molecule has 0 saturated carbocycles. The molecule has 136 valence electrons. The zero-order valence-corrected chi connectivity index (χ0v) is 14.4. The highest BCUT2D eigenvalue weighted by Crippen LogP contribution is 2.22. The number of methoxy groups -OCH3 is 1. The van der Waals surface area contributed by atoms with Gasteiger partial charge in [0.1, 0.15) is 12.1 Å². The van der Waals surface area contributed by atoms with Crippen LogP contribution >= 0.6 is 0 Å². The van der Waals surface area contributed by atoms with Gasteiger partial charge >= 0.3 is 0 Å². The summed E-state index contributed by atoms with van der Waals surface area (Å²) in [5.41, 5.74) is 2.84. The van der Waals surface area contributed by atoms with Gasteiger partial charge in [0, 0.05) is 18.3 Å². The van der Waals surface area contributed by atoms with Gasteiger partial charge in [-0.15, -0.1) is 0 Å². The maximum absolute atomic E-state index is 13.7. The molecule has 0 bridgehead atoms. The Labute approximate surface area is 153 Å². The smallest absolute Gasteiger partial charge is 0.272 e. The van der Waals surface area contributed by atoms with Gasteiger partial charge in [-0.05, 0) is 23.8 Å². The van der Waals surface area contributed by atoms with Crippen LogP contribution in [0.1, 0.15) is 16.1 Å². The minimum Gasteiger partial charge on any atom is -0.497 e. The van der Waals surface area contributed by atoms with Crippen molar-refractivity contribution in [3.63, 3.8) is 0 Å². The molecule has 4 rings (SSSR count). The van der Waals surface area contributed by atoms with E-state index >= 15 is 0 Å². The van der Waals surface area contributed by atoms with E-state index in [-0.39, 0.29) is 5.91 Å². The number of carbonyl (C=O) groups excluding carboxylic acids is 1. The predicted octanol–water partition coefficient (Wildman–Crippen LogP) is 2.80. The van der Waals surface area contributed by atoms with Crippen LogP contribution in [0.25, 0.3) is 16.6 Å². The molecule has 0 spiro atoms. The molecule has 3 aromatic heterocycles. The molecule has 1 aromatic carbocycles. The van der Waals surface area contributed by atoms with Crippen LogP contribution in [0.15, 0.2) is 55.1 Å². The van der Waals surface area contributed by atoms with Crippen molar-refractivity contribution in [2.75, 3.05) is 7.11 Å². The Balaban J connectivity index is 1.54. The molecule has 0 fully saturated rings. The van der Waals surface area contributed by atoms with Gasteiger partial charge in [0.2, 0.25) is 5.95 Å². The fraction of sp³-hybridized carbons (Fsp3) is 0.105. The second-order valence-electron chi connectivity index (χ2n) is 5.94. The van der Waals surface area contributed by atoms with Gasteiger partial charge in [0.05, 0.1) is 24.4 Å². The first-order valence-electron chi connectivity index (χ1n) is 8.23. The van der Waals surface area contributed by atoms with E-state index in [0.717, 1.165) is 11.3 Å². The average Bonchev–Trinajstić information content (AvgIpc) is 3.31. The number of amides is 1. The normalized spacial score (nSPS) is 10.9. The number of nitrogens with one attached hydrogen (secondary N) is 2. The van der Waals surface area contributed by atoms with E-state index in [4.69, 9.17) is 4.74 Å². The molecule has 7 nitrogen and oxygen atoms in total. The zero-order valence-electron chi connectivity index (χ0n) is 14.4. The van der Waals surface area contributed by atoms with Crippen molar-refractivity contribution >= 4 is 11.4 Å². The summed E-state index contributed by atoms with van der Waals surface area (Å²) in [5.74, 6) is -0.0681. The van der Waals surface area contributed by atoms with Crippen LogP contribution in [0.4, 0.5) is 4.39 Å². The SMILES string of the molecule is COc1cccc(CNC(=O)c2ncn3cc(-c4cn[nH]c4F)ccc23)c1. The molecule has 0 unspecified atom stereocenters. The minimum atomic E-state index is -0.509. The van der Waals surface area contributed by atoms with Gasteiger partial charge in [-0.2, -0.15) is 9.49 Å². The second-order valence-corrected chi connectivity index (χ2v) is 5.94. The maximum Gasteiger partial charge on any atom is 0.272 e. The van der Waals surface area contributed by atoms with Crippen LogP contribution < -0.4 is 10.1 Å². The highest BCUT2D eigenvalue weighted by Gasteiger charge is 2.15. The van der Waals surface area contributed by atoms with Gasteiger partial charge < -0.3 is 14.5 Å². The fourth-order valence-electron chi connectivity index (χ4n) is 2.85. The molecule has 0 saturated heterocycles. The van der Waals surface area contributed by atoms with Gasteiger partial charge in [0.15, 0.2) is 5.69 Å². The van der Waals surface area contributed by atoms with Crippen molar-refractivity contribution in [2.45, 2.75) is 6.54 Å². The Kier molecular flexibility index (Phi) is 4.29. The van der Waals surface area contributed by atoms with Gasteiger partial charge in [0.25, 0.3) is 5.91 Å². The Bertz CT molecular complexity index is 1120. The predicted molar refractivity (Wildman–Crippen MR) is 96.9 cm³/mol. The lowest BCUT2D eigenvalue weighted by Gasteiger charge is -2.06. The van der Waals surface area contributed by atoms with Crippen molar-refractivity contribution < 1.29 is 13.9 Å². The third kappa shape index (κ3) is 3.24. The molecular formula is C19H16FN5O2. The van der Waals surface area contributed by atoms with Crippen LogP contribution in [-0.2, 0) is 6.54 Å². The van der Waals surface area contributed by atoms with Crippen molar-refractivity contribution in [1.29, 1.82) is 0 Å². The third-order valence-corrected chi connectivity index (χ3v) is 4.24. The highest BCUT2D eigenvalue weighted by molar-refractivity contribution is 5.99. The number of ether oxygens (including phenoxy) is 1. The van der Waals surface area contributed by atoms with E-state index in [1.807, 2.05) is 24.3 Å². The van der Waals surface area contributed by atoms with E-state index in [0.29, 0.717) is 28.9 Å². The summed E-state index contributed by atoms with van der Waals surface area (Å²) >= 11 is 0. The van der Waals surface area contributed by atoms with Gasteiger partial charge in [-0.1, -0.05) is 18.2 Å². The van der Waals surface area contributed by atoms with Crippen LogP contribution in [0, 0.1) is 5.95 Å². The van der Waals surface area contributed by atoms with Crippen LogP contribution in [0.2, 0.25) is 0 Å². The second kappa shape index (κ2) is 6.91. The maximum atomic E-state index is 13.7. The first kappa shape index (κ1) is 16.8. The topological polar surface area (TPSA) is 84.3 Å². The molecule has 0 aliphatic carbocycles. The molecule has 1 amide bonds. The Morgan fingerprint density at radius 3 is 3.00 bits per heavy atom. The van der Waals surface area contributed by atoms with E-state index in [2.05, 4.69) is 20.5 Å². The Morgan fingerprint density at radius 1 is 1.33 bits per heavy atom. The Morgan fingerprint density at radius 2 is 2.22 bits per heavy atom. The first-order chi connectivity index (χ1) is 13.2. The Hall–Kier alpha value is -3.68. The summed E-state index contributed by atoms with van der Waals surface area (Å²) in [6.45, 7) is 0.355. The van der Waals surface area contributed by atoms with E-state index < -0.39 is 5.95 Å². The number of hydrogen-bond donors (Lipinski definition) is 2. The highest BCUT2D eigenvalue weighted by atomic mass is 19.1. The third-order valence-electron chi connectivity index (χ3n) is 4.24. The van der Waals surface area contributed by atoms with Crippen molar-refractivity contribution in [2.24, 2.45) is 0 Å². The zero-order chi connectivity index (χ0) is 18.8. The number of nitrogens with zero attached hydrogens (tertiary/aromatic N) is 3. The molecule has 27 heavy (non-hydrogen) atoms. The summed E-state index contributed by atoms with van der Waals surface area (Å²) in [5, 5.41) is 8.79. The first-order valence-corrected chi connectivity index (χ1v) is 8.23. The minimum absolute atomic E-state index is 0.289. The summed E-state index contributed by atoms with van der Waals surface area (Å²) < 4.78 is 20.5. The number of hydrogen-bond acceptors (Lipinski definition) is 4. The number of fused-ring (bicyclic) bond motifs is 1. The van der Waals surface area contributed by atoms with E-state index in [9.17, 15) is 9.18 Å². The molecule has 0 atom stereocenters. The fourth-order valence-corrected chi connectivity index (χ4v) is 2.85. The van der Waals surface area contributed by atoms with Crippen LogP contribution in [-0.4, -0.2) is 32.6 Å². The van der Waals surface area contributed by atoms with Crippen LogP contribution in [0.5, 0.6) is 5.75 Å². The molecule has 0 radical (unpaired) electrons. The summed E-state index contributed by atoms with van der Waals surface area (Å²) in [6.07, 6.45) is 4.64. The van der Waals surface area contributed by atoms with Gasteiger partial charge in [-0.3, -0.25) is 9.89 Å². The lowest BCUT2D eigenvalue weighted by atomic mass is 10.1. The number of aromatic nitrogens is 4. The van der Waals surface area contributed by atoms with Crippen molar-refractivity contribution in [3.05, 3.63) is 72.3 Å². The number of rotatable bonds is 5. The van der Waals surface area contributed by atoms with Gasteiger partial charge in [-0.25, -0.2) is 4.98 Å². The molecule has 3 heterocycles. The number of aromatic amines is 1. The largest absolute Gasteiger partial charge is 0.497 e. The van der Waals surface area contributed by atoms with E-state index in [1.54, 1.807) is 29.8 Å². The molecular weight excluding hydrogens is 349 g/mol. The lowest BCUT2D eigenvalue weighted by molar-refractivity contribution is 0.0948. The number of halogens is 1. The number of pyridine rings is 1. The molecule has 2 N–H and O–H groups in total. The van der Waals surface area contributed by atoms with Crippen molar-refractivity contribution in [1.82, 2.24) is 24.9 Å². The molecule has 0 aliphatic heterocycles. The lowest BCUT2D eigenvalue weighted by Crippen LogP contribution is -2.23. The molecule has 8 heteroatoms. The summed E-state index contributed by atoms with van der Waals surface area (Å²) in [6, 6.07) is 10.9. The summed E-state index contributed by atoms with van der Waals surface area (Å²) in [4.78, 5) is 16.7. The van der Waals surface area contributed by atoms with Crippen LogP contribution in [0.3, 0.4) is 0 Å². The summed E-state index contributed by atoms with van der Waals surface area (Å²) in [7, 11) is 1.60. The standard InChI is InChI=1S/C19H16FN5O2/c1-27-14-4-2-3-12(7-14)8-21-19(26)17-16-6-5-13(10-25(16)11-22-17)15-9-23-24-18(15)20/h2-7,9-11H,8H2,1H3,(H,21,26)(H,23,24). The number of imidazole rings is 1. The monoisotopic (exact) mass is 365 g/mol. The van der Waals surface area contributed by atoms with Crippen molar-refractivity contribution in [3.8, 4) is 16.9 Å². The quantitative estimate of drug-likeness (QED) is 0.570. The number of H-pyrrole nitrogens is 1.